The first-order valence-corrected chi connectivity index (χ1v) is 5.24. The third kappa shape index (κ3) is 1.55. The first-order chi connectivity index (χ1) is 6.18. The van der Waals surface area contributed by atoms with Crippen molar-refractivity contribution in [1.82, 2.24) is 0 Å². The molecule has 0 fully saturated rings. The van der Waals surface area contributed by atoms with Gasteiger partial charge in [0.1, 0.15) is 5.78 Å². The van der Waals surface area contributed by atoms with Crippen LogP contribution in [0.25, 0.3) is 0 Å². The Kier molecular flexibility index (Phi) is 2.24. The average Bonchev–Trinajstić information content (AvgIpc) is 2.49. The molecule has 1 aliphatic rings. The molecule has 0 amide bonds. The molecule has 68 valence electrons. The third-order valence-electron chi connectivity index (χ3n) is 2.71. The summed E-state index contributed by atoms with van der Waals surface area (Å²) in [6.07, 6.45) is 1.83. The highest BCUT2D eigenvalue weighted by Gasteiger charge is 2.25. The lowest BCUT2D eigenvalue weighted by Crippen LogP contribution is -2.09. The highest BCUT2D eigenvalue weighted by Crippen LogP contribution is 2.32. The Balaban J connectivity index is 2.35. The minimum absolute atomic E-state index is 0.216. The molecule has 1 aliphatic carbocycles. The zero-order valence-corrected chi connectivity index (χ0v) is 9.10. The van der Waals surface area contributed by atoms with Crippen molar-refractivity contribution in [3.05, 3.63) is 33.8 Å². The van der Waals surface area contributed by atoms with E-state index in [1.54, 1.807) is 6.92 Å². The summed E-state index contributed by atoms with van der Waals surface area (Å²) in [6, 6.07) is 6.19. The molecule has 0 spiro atoms. The fourth-order valence-electron chi connectivity index (χ4n) is 1.89. The van der Waals surface area contributed by atoms with Gasteiger partial charge in [0, 0.05) is 10.4 Å². The number of halogens is 1. The maximum absolute atomic E-state index is 11.2. The van der Waals surface area contributed by atoms with Crippen molar-refractivity contribution in [1.29, 1.82) is 0 Å². The van der Waals surface area contributed by atoms with E-state index in [0.29, 0.717) is 5.78 Å². The van der Waals surface area contributed by atoms with Crippen LogP contribution in [0.4, 0.5) is 0 Å². The van der Waals surface area contributed by atoms with E-state index in [9.17, 15) is 4.79 Å². The summed E-state index contributed by atoms with van der Waals surface area (Å²) in [7, 11) is 0. The van der Waals surface area contributed by atoms with Crippen molar-refractivity contribution < 1.29 is 4.79 Å². The Labute approximate surface area is 86.3 Å². The van der Waals surface area contributed by atoms with Gasteiger partial charge < -0.3 is 0 Å². The van der Waals surface area contributed by atoms with E-state index in [0.717, 1.165) is 17.3 Å². The molecule has 1 atom stereocenters. The lowest BCUT2D eigenvalue weighted by Gasteiger charge is -2.01. The van der Waals surface area contributed by atoms with E-state index in [-0.39, 0.29) is 5.92 Å². The molecule has 0 saturated carbocycles. The Morgan fingerprint density at radius 2 is 2.23 bits per heavy atom. The monoisotopic (exact) mass is 238 g/mol. The molecule has 0 aromatic heterocycles. The minimum atomic E-state index is 0.216. The number of carbonyl (C=O) groups excluding carboxylic acids is 1. The van der Waals surface area contributed by atoms with Crippen LogP contribution in [0.3, 0.4) is 0 Å². The lowest BCUT2D eigenvalue weighted by atomic mass is 10.0. The molecule has 1 aromatic rings. The Morgan fingerprint density at radius 3 is 2.85 bits per heavy atom. The fourth-order valence-corrected chi connectivity index (χ4v) is 2.46. The number of hydrogen-bond donors (Lipinski definition) is 0. The van der Waals surface area contributed by atoms with Gasteiger partial charge in [-0.2, -0.15) is 0 Å². The van der Waals surface area contributed by atoms with Gasteiger partial charge in [-0.3, -0.25) is 4.79 Å². The van der Waals surface area contributed by atoms with Crippen molar-refractivity contribution in [2.75, 3.05) is 0 Å². The van der Waals surface area contributed by atoms with Crippen molar-refractivity contribution in [2.24, 2.45) is 5.92 Å². The van der Waals surface area contributed by atoms with Gasteiger partial charge >= 0.3 is 0 Å². The smallest absolute Gasteiger partial charge is 0.133 e. The molecule has 2 heteroatoms. The Morgan fingerprint density at radius 1 is 1.46 bits per heavy atom. The highest BCUT2D eigenvalue weighted by atomic mass is 79.9. The van der Waals surface area contributed by atoms with Gasteiger partial charge in [0.05, 0.1) is 0 Å². The summed E-state index contributed by atoms with van der Waals surface area (Å²) in [5, 5.41) is 0. The number of Topliss-reactive ketones (excluding diaryl/α,β-unsaturated/α-hetero) is 1. The summed E-state index contributed by atoms with van der Waals surface area (Å²) >= 11 is 3.51. The molecule has 13 heavy (non-hydrogen) atoms. The first-order valence-electron chi connectivity index (χ1n) is 4.45. The van der Waals surface area contributed by atoms with Crippen molar-refractivity contribution in [2.45, 2.75) is 19.8 Å². The van der Waals surface area contributed by atoms with E-state index in [4.69, 9.17) is 0 Å². The van der Waals surface area contributed by atoms with Gasteiger partial charge in [0.2, 0.25) is 0 Å². The van der Waals surface area contributed by atoms with E-state index in [1.807, 2.05) is 12.1 Å². The molecule has 0 heterocycles. The van der Waals surface area contributed by atoms with Crippen LogP contribution in [-0.2, 0) is 17.6 Å². The SMILES string of the molecule is CC(=O)C1Cc2cccc(Br)c2C1. The van der Waals surface area contributed by atoms with E-state index in [1.165, 1.54) is 11.1 Å². The zero-order valence-electron chi connectivity index (χ0n) is 7.51. The summed E-state index contributed by atoms with van der Waals surface area (Å²) in [4.78, 5) is 11.2. The van der Waals surface area contributed by atoms with Crippen molar-refractivity contribution in [3.8, 4) is 0 Å². The predicted molar refractivity (Wildman–Crippen MR) is 55.7 cm³/mol. The molecule has 2 rings (SSSR count). The van der Waals surface area contributed by atoms with Crippen LogP contribution < -0.4 is 0 Å². The molecule has 0 N–H and O–H groups in total. The largest absolute Gasteiger partial charge is 0.300 e. The lowest BCUT2D eigenvalue weighted by molar-refractivity contribution is -0.120. The molecular formula is C11H11BrO. The maximum Gasteiger partial charge on any atom is 0.133 e. The van der Waals surface area contributed by atoms with Crippen molar-refractivity contribution >= 4 is 21.7 Å². The van der Waals surface area contributed by atoms with Gasteiger partial charge in [-0.05, 0) is 37.0 Å². The van der Waals surface area contributed by atoms with E-state index < -0.39 is 0 Å². The number of benzene rings is 1. The minimum Gasteiger partial charge on any atom is -0.300 e. The summed E-state index contributed by atoms with van der Waals surface area (Å²) < 4.78 is 1.15. The molecule has 1 nitrogen and oxygen atoms in total. The highest BCUT2D eigenvalue weighted by molar-refractivity contribution is 9.10. The van der Waals surface area contributed by atoms with Crippen LogP contribution in [0.15, 0.2) is 22.7 Å². The average molecular weight is 239 g/mol. The summed E-state index contributed by atoms with van der Waals surface area (Å²) in [6.45, 7) is 1.68. The van der Waals surface area contributed by atoms with Crippen molar-refractivity contribution in [3.63, 3.8) is 0 Å². The van der Waals surface area contributed by atoms with E-state index in [2.05, 4.69) is 22.0 Å². The molecular weight excluding hydrogens is 228 g/mol. The van der Waals surface area contributed by atoms with Gasteiger partial charge in [0.25, 0.3) is 0 Å². The normalized spacial score (nSPS) is 20.0. The van der Waals surface area contributed by atoms with Gasteiger partial charge in [-0.25, -0.2) is 0 Å². The third-order valence-corrected chi connectivity index (χ3v) is 3.45. The van der Waals surface area contributed by atoms with Crippen LogP contribution in [-0.4, -0.2) is 5.78 Å². The number of hydrogen-bond acceptors (Lipinski definition) is 1. The topological polar surface area (TPSA) is 17.1 Å². The van der Waals surface area contributed by atoms with E-state index >= 15 is 0 Å². The van der Waals surface area contributed by atoms with Gasteiger partial charge in [-0.15, -0.1) is 0 Å². The molecule has 0 saturated heterocycles. The zero-order chi connectivity index (χ0) is 9.42. The molecule has 0 radical (unpaired) electrons. The van der Waals surface area contributed by atoms with Crippen LogP contribution >= 0.6 is 15.9 Å². The molecule has 1 unspecified atom stereocenters. The van der Waals surface area contributed by atoms with Crippen LogP contribution in [0.2, 0.25) is 0 Å². The predicted octanol–water partition coefficient (Wildman–Crippen LogP) is 2.75. The second-order valence-corrected chi connectivity index (χ2v) is 4.45. The molecule has 1 aromatic carbocycles. The number of ketones is 1. The quantitative estimate of drug-likeness (QED) is 0.736. The standard InChI is InChI=1S/C11H11BrO/c1-7(13)9-5-8-3-2-4-11(12)10(8)6-9/h2-4,9H,5-6H2,1H3. The van der Waals surface area contributed by atoms with Crippen LogP contribution in [0.1, 0.15) is 18.1 Å². The molecule has 0 aliphatic heterocycles. The Bertz CT molecular complexity index is 357. The summed E-state index contributed by atoms with van der Waals surface area (Å²) in [5.74, 6) is 0.525. The second kappa shape index (κ2) is 3.26. The number of fused-ring (bicyclic) bond motifs is 1. The molecule has 0 bridgehead atoms. The van der Waals surface area contributed by atoms with Crippen LogP contribution in [0, 0.1) is 5.92 Å². The Hall–Kier alpha value is -0.630. The number of carbonyl (C=O) groups is 1. The van der Waals surface area contributed by atoms with Crippen LogP contribution in [0.5, 0.6) is 0 Å². The fraction of sp³-hybridized carbons (Fsp3) is 0.364. The maximum atomic E-state index is 11.2. The second-order valence-electron chi connectivity index (χ2n) is 3.59. The van der Waals surface area contributed by atoms with Gasteiger partial charge in [-0.1, -0.05) is 28.1 Å². The number of rotatable bonds is 1. The first kappa shape index (κ1) is 8.95. The summed E-state index contributed by atoms with van der Waals surface area (Å²) in [5.41, 5.74) is 2.65. The van der Waals surface area contributed by atoms with Gasteiger partial charge in [0.15, 0.2) is 0 Å².